The molecule has 0 aliphatic heterocycles. The van der Waals surface area contributed by atoms with Gasteiger partial charge < -0.3 is 4.57 Å². The van der Waals surface area contributed by atoms with Crippen molar-refractivity contribution in [1.29, 1.82) is 5.26 Å². The molecule has 0 aliphatic carbocycles. The van der Waals surface area contributed by atoms with Crippen LogP contribution in [0.1, 0.15) is 25.2 Å². The highest BCUT2D eigenvalue weighted by Crippen LogP contribution is 2.25. The predicted octanol–water partition coefficient (Wildman–Crippen LogP) is 3.23. The van der Waals surface area contributed by atoms with E-state index in [4.69, 9.17) is 16.9 Å². The monoisotopic (exact) mass is 276 g/mol. The topological polar surface area (TPSA) is 44.9 Å². The third-order valence-corrected chi connectivity index (χ3v) is 3.57. The molecule has 19 heavy (non-hydrogen) atoms. The van der Waals surface area contributed by atoms with Gasteiger partial charge in [0, 0.05) is 11.6 Å². The first-order valence-electron chi connectivity index (χ1n) is 6.23. The number of halogens is 1. The molecule has 1 unspecified atom stereocenters. The van der Waals surface area contributed by atoms with Crippen molar-refractivity contribution in [3.8, 4) is 6.07 Å². The number of nitriles is 1. The molecule has 1 atom stereocenters. The minimum Gasteiger partial charge on any atom is -0.326 e. The standard InChI is InChI=1S/C14H17ClN4/c1-10(18(2)3)14-17-12-9-11(15)5-6-13(12)19(14)8-4-7-16/h5-6,9-10H,4,8H2,1-3H3. The van der Waals surface area contributed by atoms with Crippen molar-refractivity contribution in [2.75, 3.05) is 14.1 Å². The molecule has 0 saturated heterocycles. The Kier molecular flexibility index (Phi) is 4.08. The Hall–Kier alpha value is -1.57. The van der Waals surface area contributed by atoms with Gasteiger partial charge in [0.1, 0.15) is 5.82 Å². The maximum absolute atomic E-state index is 8.80. The highest BCUT2D eigenvalue weighted by molar-refractivity contribution is 6.31. The lowest BCUT2D eigenvalue weighted by atomic mass is 10.3. The van der Waals surface area contributed by atoms with Crippen molar-refractivity contribution < 1.29 is 0 Å². The molecule has 0 amide bonds. The third-order valence-electron chi connectivity index (χ3n) is 3.34. The molecule has 0 N–H and O–H groups in total. The fourth-order valence-electron chi connectivity index (χ4n) is 2.07. The molecule has 1 aromatic heterocycles. The van der Waals surface area contributed by atoms with E-state index in [1.54, 1.807) is 0 Å². The van der Waals surface area contributed by atoms with Gasteiger partial charge in [0.25, 0.3) is 0 Å². The van der Waals surface area contributed by atoms with Crippen LogP contribution >= 0.6 is 11.6 Å². The first-order valence-corrected chi connectivity index (χ1v) is 6.61. The van der Waals surface area contributed by atoms with Crippen LogP contribution in [0.25, 0.3) is 11.0 Å². The Bertz CT molecular complexity index is 624. The lowest BCUT2D eigenvalue weighted by Gasteiger charge is -2.20. The summed E-state index contributed by atoms with van der Waals surface area (Å²) in [5.41, 5.74) is 1.91. The largest absolute Gasteiger partial charge is 0.326 e. The molecule has 0 fully saturated rings. The smallest absolute Gasteiger partial charge is 0.127 e. The number of rotatable bonds is 4. The molecule has 100 valence electrons. The van der Waals surface area contributed by atoms with Crippen molar-refractivity contribution in [1.82, 2.24) is 14.5 Å². The fourth-order valence-corrected chi connectivity index (χ4v) is 2.23. The van der Waals surface area contributed by atoms with Crippen molar-refractivity contribution in [2.24, 2.45) is 0 Å². The molecule has 4 nitrogen and oxygen atoms in total. The number of nitrogens with zero attached hydrogens (tertiary/aromatic N) is 4. The summed E-state index contributed by atoms with van der Waals surface area (Å²) in [5.74, 6) is 0.970. The van der Waals surface area contributed by atoms with E-state index in [0.717, 1.165) is 16.9 Å². The van der Waals surface area contributed by atoms with Crippen LogP contribution in [-0.4, -0.2) is 28.5 Å². The fraction of sp³-hybridized carbons (Fsp3) is 0.429. The van der Waals surface area contributed by atoms with Gasteiger partial charge in [-0.1, -0.05) is 11.6 Å². The van der Waals surface area contributed by atoms with Crippen LogP contribution in [0, 0.1) is 11.3 Å². The average Bonchev–Trinajstić information content (AvgIpc) is 2.72. The van der Waals surface area contributed by atoms with Crippen molar-refractivity contribution in [3.05, 3.63) is 29.0 Å². The van der Waals surface area contributed by atoms with E-state index in [9.17, 15) is 0 Å². The van der Waals surface area contributed by atoms with Crippen LogP contribution in [0.3, 0.4) is 0 Å². The van der Waals surface area contributed by atoms with E-state index in [0.29, 0.717) is 18.0 Å². The summed E-state index contributed by atoms with van der Waals surface area (Å²) in [6.07, 6.45) is 0.473. The molecule has 1 aromatic carbocycles. The molecule has 0 spiro atoms. The molecular formula is C14H17ClN4. The molecule has 2 rings (SSSR count). The van der Waals surface area contributed by atoms with Crippen LogP contribution in [0.5, 0.6) is 0 Å². The summed E-state index contributed by atoms with van der Waals surface area (Å²) >= 11 is 6.01. The Morgan fingerprint density at radius 3 is 2.84 bits per heavy atom. The predicted molar refractivity (Wildman–Crippen MR) is 77.1 cm³/mol. The minimum atomic E-state index is 0.185. The summed E-state index contributed by atoms with van der Waals surface area (Å²) in [7, 11) is 4.04. The number of hydrogen-bond donors (Lipinski definition) is 0. The number of fused-ring (bicyclic) bond motifs is 1. The number of hydrogen-bond acceptors (Lipinski definition) is 3. The van der Waals surface area contributed by atoms with Crippen LogP contribution in [0.15, 0.2) is 18.2 Å². The van der Waals surface area contributed by atoms with Gasteiger partial charge in [-0.3, -0.25) is 4.90 Å². The van der Waals surface area contributed by atoms with E-state index >= 15 is 0 Å². The van der Waals surface area contributed by atoms with E-state index in [-0.39, 0.29) is 6.04 Å². The SMILES string of the molecule is CC(c1nc2cc(Cl)ccc2n1CCC#N)N(C)C. The summed E-state index contributed by atoms with van der Waals surface area (Å²) < 4.78 is 2.11. The van der Waals surface area contributed by atoms with Crippen LogP contribution in [-0.2, 0) is 6.54 Å². The van der Waals surface area contributed by atoms with Crippen molar-refractivity contribution in [2.45, 2.75) is 25.9 Å². The molecule has 2 aromatic rings. The van der Waals surface area contributed by atoms with Gasteiger partial charge in [-0.2, -0.15) is 5.26 Å². The maximum atomic E-state index is 8.80. The lowest BCUT2D eigenvalue weighted by molar-refractivity contribution is 0.302. The van der Waals surface area contributed by atoms with Gasteiger partial charge in [0.05, 0.1) is 29.6 Å². The summed E-state index contributed by atoms with van der Waals surface area (Å²) in [5, 5.41) is 9.49. The van der Waals surface area contributed by atoms with Gasteiger partial charge in [-0.25, -0.2) is 4.98 Å². The molecule has 1 heterocycles. The molecule has 0 saturated carbocycles. The second-order valence-electron chi connectivity index (χ2n) is 4.80. The second kappa shape index (κ2) is 5.60. The van der Waals surface area contributed by atoms with Gasteiger partial charge >= 0.3 is 0 Å². The highest BCUT2D eigenvalue weighted by atomic mass is 35.5. The van der Waals surface area contributed by atoms with Gasteiger partial charge in [-0.15, -0.1) is 0 Å². The number of imidazole rings is 1. The molecule has 0 radical (unpaired) electrons. The zero-order valence-corrected chi connectivity index (χ0v) is 12.1. The maximum Gasteiger partial charge on any atom is 0.127 e. The highest BCUT2D eigenvalue weighted by Gasteiger charge is 2.18. The Morgan fingerprint density at radius 1 is 1.47 bits per heavy atom. The quantitative estimate of drug-likeness (QED) is 0.861. The van der Waals surface area contributed by atoms with Crippen molar-refractivity contribution in [3.63, 3.8) is 0 Å². The molecule has 0 bridgehead atoms. The van der Waals surface area contributed by atoms with Gasteiger partial charge in [-0.05, 0) is 39.2 Å². The average molecular weight is 277 g/mol. The van der Waals surface area contributed by atoms with Crippen LogP contribution in [0.4, 0.5) is 0 Å². The third kappa shape index (κ3) is 2.73. The first-order chi connectivity index (χ1) is 9.04. The Morgan fingerprint density at radius 2 is 2.21 bits per heavy atom. The number of benzene rings is 1. The summed E-state index contributed by atoms with van der Waals surface area (Å²) in [6.45, 7) is 2.76. The van der Waals surface area contributed by atoms with Gasteiger partial charge in [0.2, 0.25) is 0 Å². The molecular weight excluding hydrogens is 260 g/mol. The van der Waals surface area contributed by atoms with E-state index < -0.39 is 0 Å². The minimum absolute atomic E-state index is 0.185. The van der Waals surface area contributed by atoms with E-state index in [2.05, 4.69) is 27.4 Å². The number of aryl methyl sites for hydroxylation is 1. The van der Waals surface area contributed by atoms with Gasteiger partial charge in [0.15, 0.2) is 0 Å². The first kappa shape index (κ1) is 13.9. The van der Waals surface area contributed by atoms with Crippen molar-refractivity contribution >= 4 is 22.6 Å². The van der Waals surface area contributed by atoms with E-state index in [1.807, 2.05) is 32.3 Å². The van der Waals surface area contributed by atoms with Crippen LogP contribution < -0.4 is 0 Å². The zero-order valence-electron chi connectivity index (χ0n) is 11.4. The Balaban J connectivity index is 2.57. The molecule has 0 aliphatic rings. The normalized spacial score (nSPS) is 12.8. The van der Waals surface area contributed by atoms with Crippen LogP contribution in [0.2, 0.25) is 5.02 Å². The summed E-state index contributed by atoms with van der Waals surface area (Å²) in [4.78, 5) is 6.78. The molecule has 5 heteroatoms. The Labute approximate surface area is 118 Å². The second-order valence-corrected chi connectivity index (χ2v) is 5.24. The number of aromatic nitrogens is 2. The summed E-state index contributed by atoms with van der Waals surface area (Å²) in [6, 6.07) is 8.07. The zero-order chi connectivity index (χ0) is 14.0. The lowest BCUT2D eigenvalue weighted by Crippen LogP contribution is -2.21. The van der Waals surface area contributed by atoms with E-state index in [1.165, 1.54) is 0 Å².